The van der Waals surface area contributed by atoms with E-state index in [-0.39, 0.29) is 5.91 Å². The summed E-state index contributed by atoms with van der Waals surface area (Å²) in [6.45, 7) is 0.310. The summed E-state index contributed by atoms with van der Waals surface area (Å²) in [5.41, 5.74) is 2.41. The van der Waals surface area contributed by atoms with E-state index in [2.05, 4.69) is 9.98 Å². The lowest BCUT2D eigenvalue weighted by Gasteiger charge is -2.15. The van der Waals surface area contributed by atoms with E-state index in [0.29, 0.717) is 39.0 Å². The number of benzene rings is 3. The van der Waals surface area contributed by atoms with Crippen LogP contribution in [0.5, 0.6) is 11.5 Å². The van der Waals surface area contributed by atoms with Crippen molar-refractivity contribution in [1.82, 2.24) is 4.98 Å². The molecular formula is C29H22ClN3O3S. The number of hydrogen-bond donors (Lipinski definition) is 0. The number of ether oxygens (including phenoxy) is 2. The van der Waals surface area contributed by atoms with Crippen molar-refractivity contribution in [2.24, 2.45) is 4.99 Å². The van der Waals surface area contributed by atoms with Gasteiger partial charge in [-0.1, -0.05) is 60.1 Å². The Morgan fingerprint density at radius 3 is 2.51 bits per heavy atom. The summed E-state index contributed by atoms with van der Waals surface area (Å²) in [7, 11) is 1.58. The molecule has 8 heteroatoms. The maximum absolute atomic E-state index is 13.5. The second kappa shape index (κ2) is 11.3. The van der Waals surface area contributed by atoms with Crippen LogP contribution >= 0.6 is 23.4 Å². The molecule has 1 fully saturated rings. The van der Waals surface area contributed by atoms with Gasteiger partial charge in [0.1, 0.15) is 6.61 Å². The van der Waals surface area contributed by atoms with Gasteiger partial charge in [0.2, 0.25) is 0 Å². The molecule has 0 bridgehead atoms. The molecule has 0 saturated carbocycles. The molecule has 1 aliphatic rings. The molecule has 1 saturated heterocycles. The van der Waals surface area contributed by atoms with Crippen LogP contribution in [-0.2, 0) is 11.4 Å². The number of carbonyl (C=O) groups excluding carboxylic acids is 1. The van der Waals surface area contributed by atoms with E-state index in [1.54, 1.807) is 24.3 Å². The van der Waals surface area contributed by atoms with E-state index >= 15 is 0 Å². The molecule has 1 amide bonds. The first-order valence-corrected chi connectivity index (χ1v) is 12.6. The van der Waals surface area contributed by atoms with Crippen LogP contribution in [0.15, 0.2) is 107 Å². The lowest BCUT2D eigenvalue weighted by molar-refractivity contribution is -0.113. The number of amides is 1. The topological polar surface area (TPSA) is 64.0 Å². The number of nitrogens with zero attached hydrogens (tertiary/aromatic N) is 3. The normalized spacial score (nSPS) is 15.4. The number of anilines is 1. The fourth-order valence-electron chi connectivity index (χ4n) is 3.69. The maximum atomic E-state index is 13.5. The first-order valence-electron chi connectivity index (χ1n) is 11.5. The number of thioether (sulfide) groups is 1. The van der Waals surface area contributed by atoms with Gasteiger partial charge in [-0.3, -0.25) is 9.69 Å². The molecule has 3 aromatic carbocycles. The van der Waals surface area contributed by atoms with E-state index in [0.717, 1.165) is 16.8 Å². The molecule has 0 unspecified atom stereocenters. The molecular weight excluding hydrogens is 506 g/mol. The highest BCUT2D eigenvalue weighted by molar-refractivity contribution is 8.19. The summed E-state index contributed by atoms with van der Waals surface area (Å²) in [5, 5.41) is 1.18. The molecule has 0 radical (unpaired) electrons. The predicted octanol–water partition coefficient (Wildman–Crippen LogP) is 7.13. The standard InChI is InChI=1S/C29H22ClN3O3S/c1-35-25-17-20(14-15-24(25)36-19-21-9-5-6-12-23(21)30)18-26-28(34)33(22-10-3-2-4-11-22)29(37-26)32-27-13-7-8-16-31-27/h2-18H,19H2,1H3/b26-18-,32-29+. The number of rotatable bonds is 7. The van der Waals surface area contributed by atoms with Crippen LogP contribution in [0, 0.1) is 0 Å². The van der Waals surface area contributed by atoms with E-state index in [1.165, 1.54) is 11.8 Å². The number of halogens is 1. The number of para-hydroxylation sites is 1. The van der Waals surface area contributed by atoms with Crippen molar-refractivity contribution in [2.45, 2.75) is 6.61 Å². The number of aromatic nitrogens is 1. The predicted molar refractivity (Wildman–Crippen MR) is 150 cm³/mol. The van der Waals surface area contributed by atoms with Crippen molar-refractivity contribution in [1.29, 1.82) is 0 Å². The lowest BCUT2D eigenvalue weighted by atomic mass is 10.1. The van der Waals surface area contributed by atoms with Gasteiger partial charge >= 0.3 is 0 Å². The zero-order valence-electron chi connectivity index (χ0n) is 19.9. The van der Waals surface area contributed by atoms with Crippen molar-refractivity contribution < 1.29 is 14.3 Å². The molecule has 0 spiro atoms. The minimum absolute atomic E-state index is 0.163. The first-order chi connectivity index (χ1) is 18.1. The largest absolute Gasteiger partial charge is 0.493 e. The van der Waals surface area contributed by atoms with Crippen LogP contribution in [-0.4, -0.2) is 23.2 Å². The first kappa shape index (κ1) is 24.6. The molecule has 1 aromatic heterocycles. The molecule has 0 N–H and O–H groups in total. The summed E-state index contributed by atoms with van der Waals surface area (Å²) in [4.78, 5) is 24.6. The summed E-state index contributed by atoms with van der Waals surface area (Å²) >= 11 is 7.55. The van der Waals surface area contributed by atoms with Crippen LogP contribution in [0.4, 0.5) is 11.5 Å². The van der Waals surface area contributed by atoms with Crippen molar-refractivity contribution in [2.75, 3.05) is 12.0 Å². The van der Waals surface area contributed by atoms with Crippen LogP contribution in [0.25, 0.3) is 6.08 Å². The van der Waals surface area contributed by atoms with E-state index in [9.17, 15) is 4.79 Å². The Hall–Kier alpha value is -4.07. The third-order valence-electron chi connectivity index (χ3n) is 5.51. The van der Waals surface area contributed by atoms with Gasteiger partial charge < -0.3 is 9.47 Å². The van der Waals surface area contributed by atoms with Gasteiger partial charge in [0.05, 0.1) is 17.7 Å². The SMILES string of the molecule is COc1cc(/C=C2\S/C(=N/c3ccccn3)N(c3ccccc3)C2=O)ccc1OCc1ccccc1Cl. The number of methoxy groups -OCH3 is 1. The highest BCUT2D eigenvalue weighted by Crippen LogP contribution is 2.38. The van der Waals surface area contributed by atoms with Crippen molar-refractivity contribution in [3.05, 3.63) is 118 Å². The Labute approximate surface area is 224 Å². The summed E-state index contributed by atoms with van der Waals surface area (Å²) in [6.07, 6.45) is 3.50. The van der Waals surface area contributed by atoms with E-state index in [4.69, 9.17) is 21.1 Å². The minimum atomic E-state index is -0.163. The second-order valence-corrected chi connectivity index (χ2v) is 9.38. The summed E-state index contributed by atoms with van der Waals surface area (Å²) in [6, 6.07) is 28.0. The Balaban J connectivity index is 1.43. The van der Waals surface area contributed by atoms with Gasteiger partial charge in [0.25, 0.3) is 5.91 Å². The van der Waals surface area contributed by atoms with E-state index < -0.39 is 0 Å². The van der Waals surface area contributed by atoms with Crippen molar-refractivity contribution >= 4 is 52.0 Å². The number of hydrogen-bond acceptors (Lipinski definition) is 6. The van der Waals surface area contributed by atoms with Crippen molar-refractivity contribution in [3.63, 3.8) is 0 Å². The average molecular weight is 528 g/mol. The van der Waals surface area contributed by atoms with Crippen LogP contribution in [0.2, 0.25) is 5.02 Å². The zero-order valence-corrected chi connectivity index (χ0v) is 21.4. The van der Waals surface area contributed by atoms with Gasteiger partial charge in [-0.2, -0.15) is 0 Å². The molecule has 2 heterocycles. The van der Waals surface area contributed by atoms with Crippen LogP contribution in [0.3, 0.4) is 0 Å². The van der Waals surface area contributed by atoms with E-state index in [1.807, 2.05) is 91.0 Å². The third-order valence-corrected chi connectivity index (χ3v) is 6.84. The van der Waals surface area contributed by atoms with Gasteiger partial charge in [-0.25, -0.2) is 9.98 Å². The van der Waals surface area contributed by atoms with Gasteiger partial charge in [0, 0.05) is 16.8 Å². The van der Waals surface area contributed by atoms with Gasteiger partial charge in [-0.05, 0) is 65.9 Å². The fraction of sp³-hybridized carbons (Fsp3) is 0.0690. The maximum Gasteiger partial charge on any atom is 0.271 e. The van der Waals surface area contributed by atoms with Gasteiger partial charge in [-0.15, -0.1) is 0 Å². The highest BCUT2D eigenvalue weighted by atomic mass is 35.5. The summed E-state index contributed by atoms with van der Waals surface area (Å²) < 4.78 is 11.5. The fourth-order valence-corrected chi connectivity index (χ4v) is 4.87. The molecule has 1 aliphatic heterocycles. The second-order valence-electron chi connectivity index (χ2n) is 7.96. The zero-order chi connectivity index (χ0) is 25.6. The molecule has 4 aromatic rings. The number of amidine groups is 1. The Kier molecular flexibility index (Phi) is 7.54. The Morgan fingerprint density at radius 2 is 1.76 bits per heavy atom. The molecule has 6 nitrogen and oxygen atoms in total. The third kappa shape index (κ3) is 5.69. The molecule has 37 heavy (non-hydrogen) atoms. The molecule has 0 atom stereocenters. The quantitative estimate of drug-likeness (QED) is 0.239. The minimum Gasteiger partial charge on any atom is -0.493 e. The highest BCUT2D eigenvalue weighted by Gasteiger charge is 2.34. The van der Waals surface area contributed by atoms with Crippen molar-refractivity contribution in [3.8, 4) is 11.5 Å². The van der Waals surface area contributed by atoms with Crippen LogP contribution < -0.4 is 14.4 Å². The lowest BCUT2D eigenvalue weighted by Crippen LogP contribution is -2.28. The van der Waals surface area contributed by atoms with Gasteiger partial charge in [0.15, 0.2) is 22.5 Å². The Bertz CT molecular complexity index is 1480. The average Bonchev–Trinajstić information content (AvgIpc) is 3.23. The Morgan fingerprint density at radius 1 is 0.973 bits per heavy atom. The number of pyridine rings is 1. The van der Waals surface area contributed by atoms with Crippen LogP contribution in [0.1, 0.15) is 11.1 Å². The molecule has 184 valence electrons. The smallest absolute Gasteiger partial charge is 0.271 e. The molecule has 5 rings (SSSR count). The molecule has 0 aliphatic carbocycles. The number of aliphatic imine (C=N–C) groups is 1. The monoisotopic (exact) mass is 527 g/mol. The summed E-state index contributed by atoms with van der Waals surface area (Å²) in [5.74, 6) is 1.50. The number of carbonyl (C=O) groups is 1.